The molecule has 9 nitrogen and oxygen atoms in total. The van der Waals surface area contributed by atoms with Crippen molar-refractivity contribution in [3.8, 4) is 11.3 Å². The Morgan fingerprint density at radius 2 is 1.42 bits per heavy atom. The molecular weight excluding hydrogens is 398 g/mol. The van der Waals surface area contributed by atoms with Crippen LogP contribution in [0.15, 0.2) is 47.3 Å². The largest absolute Gasteiger partial charge is 0.379 e. The van der Waals surface area contributed by atoms with Gasteiger partial charge in [-0.1, -0.05) is 30.3 Å². The van der Waals surface area contributed by atoms with E-state index in [1.54, 1.807) is 15.9 Å². The first kappa shape index (κ1) is 21.2. The highest BCUT2D eigenvalue weighted by atomic mass is 16.5. The van der Waals surface area contributed by atoms with Crippen molar-refractivity contribution < 1.29 is 14.3 Å². The Morgan fingerprint density at radius 3 is 2.06 bits per heavy atom. The van der Waals surface area contributed by atoms with Gasteiger partial charge in [0.1, 0.15) is 6.54 Å². The standard InChI is InChI=1S/C22H27N5O4/c28-20-7-6-19(18-4-2-1-3-5-18)23-27(20)17-22(30)26-10-8-25(9-11-26)21(29)16-24-12-14-31-15-13-24/h1-7H,8-17H2. The number of aromatic nitrogens is 2. The molecule has 2 saturated heterocycles. The van der Waals surface area contributed by atoms with Crippen LogP contribution in [0, 0.1) is 0 Å². The molecule has 2 amide bonds. The summed E-state index contributed by atoms with van der Waals surface area (Å²) >= 11 is 0. The molecule has 3 heterocycles. The van der Waals surface area contributed by atoms with Crippen LogP contribution >= 0.6 is 0 Å². The molecule has 2 aliphatic rings. The Balaban J connectivity index is 1.32. The number of hydrogen-bond donors (Lipinski definition) is 0. The fraction of sp³-hybridized carbons (Fsp3) is 0.455. The maximum atomic E-state index is 12.8. The fourth-order valence-corrected chi connectivity index (χ4v) is 3.81. The zero-order valence-corrected chi connectivity index (χ0v) is 17.5. The molecule has 0 radical (unpaired) electrons. The Kier molecular flexibility index (Phi) is 6.73. The van der Waals surface area contributed by atoms with Gasteiger partial charge in [0.15, 0.2) is 0 Å². The predicted molar refractivity (Wildman–Crippen MR) is 114 cm³/mol. The molecule has 4 rings (SSSR count). The minimum absolute atomic E-state index is 0.0856. The summed E-state index contributed by atoms with van der Waals surface area (Å²) in [6.07, 6.45) is 0. The zero-order valence-electron chi connectivity index (χ0n) is 17.5. The van der Waals surface area contributed by atoms with Crippen LogP contribution in [0.3, 0.4) is 0 Å². The molecule has 1 aromatic heterocycles. The van der Waals surface area contributed by atoms with E-state index in [1.165, 1.54) is 10.7 Å². The van der Waals surface area contributed by atoms with Gasteiger partial charge in [-0.3, -0.25) is 19.3 Å². The highest BCUT2D eigenvalue weighted by Crippen LogP contribution is 2.14. The van der Waals surface area contributed by atoms with E-state index >= 15 is 0 Å². The number of hydrogen-bond acceptors (Lipinski definition) is 6. The molecule has 0 aliphatic carbocycles. The van der Waals surface area contributed by atoms with E-state index < -0.39 is 0 Å². The van der Waals surface area contributed by atoms with E-state index in [4.69, 9.17) is 4.74 Å². The second-order valence-electron chi connectivity index (χ2n) is 7.73. The lowest BCUT2D eigenvalue weighted by Crippen LogP contribution is -2.54. The second-order valence-corrected chi connectivity index (χ2v) is 7.73. The third kappa shape index (κ3) is 5.36. The van der Waals surface area contributed by atoms with Gasteiger partial charge in [-0.15, -0.1) is 0 Å². The lowest BCUT2D eigenvalue weighted by molar-refractivity contribution is -0.141. The maximum absolute atomic E-state index is 12.8. The smallest absolute Gasteiger partial charge is 0.267 e. The van der Waals surface area contributed by atoms with Gasteiger partial charge in [0.25, 0.3) is 5.56 Å². The van der Waals surface area contributed by atoms with Crippen LogP contribution in [0.4, 0.5) is 0 Å². The Morgan fingerprint density at radius 1 is 0.806 bits per heavy atom. The monoisotopic (exact) mass is 425 g/mol. The number of carbonyl (C=O) groups is 2. The lowest BCUT2D eigenvalue weighted by Gasteiger charge is -2.36. The molecular formula is C22H27N5O4. The first-order valence-corrected chi connectivity index (χ1v) is 10.6. The number of benzene rings is 1. The summed E-state index contributed by atoms with van der Waals surface area (Å²) in [4.78, 5) is 43.1. The van der Waals surface area contributed by atoms with E-state index in [1.807, 2.05) is 30.3 Å². The summed E-state index contributed by atoms with van der Waals surface area (Å²) in [6.45, 7) is 5.07. The van der Waals surface area contributed by atoms with Crippen LogP contribution in [0.5, 0.6) is 0 Å². The molecule has 0 saturated carbocycles. The van der Waals surface area contributed by atoms with Crippen molar-refractivity contribution >= 4 is 11.8 Å². The van der Waals surface area contributed by atoms with Crippen molar-refractivity contribution in [1.82, 2.24) is 24.5 Å². The van der Waals surface area contributed by atoms with Gasteiger partial charge in [-0.2, -0.15) is 5.10 Å². The van der Waals surface area contributed by atoms with Gasteiger partial charge in [0.2, 0.25) is 11.8 Å². The molecule has 0 atom stereocenters. The number of amides is 2. The number of rotatable bonds is 5. The van der Waals surface area contributed by atoms with Crippen LogP contribution in [-0.2, 0) is 20.9 Å². The second kappa shape index (κ2) is 9.84. The lowest BCUT2D eigenvalue weighted by atomic mass is 10.1. The van der Waals surface area contributed by atoms with Crippen LogP contribution in [0.2, 0.25) is 0 Å². The van der Waals surface area contributed by atoms with Crippen molar-refractivity contribution in [2.24, 2.45) is 0 Å². The molecule has 2 aromatic rings. The minimum Gasteiger partial charge on any atom is -0.379 e. The van der Waals surface area contributed by atoms with Crippen LogP contribution in [0.25, 0.3) is 11.3 Å². The van der Waals surface area contributed by atoms with Crippen LogP contribution in [-0.4, -0.2) is 95.3 Å². The third-order valence-electron chi connectivity index (χ3n) is 5.67. The number of piperazine rings is 1. The summed E-state index contributed by atoms with van der Waals surface area (Å²) in [6, 6.07) is 12.6. The zero-order chi connectivity index (χ0) is 21.6. The molecule has 164 valence electrons. The van der Waals surface area contributed by atoms with E-state index in [0.29, 0.717) is 51.6 Å². The maximum Gasteiger partial charge on any atom is 0.267 e. The molecule has 0 spiro atoms. The van der Waals surface area contributed by atoms with Gasteiger partial charge in [0.05, 0.1) is 25.5 Å². The summed E-state index contributed by atoms with van der Waals surface area (Å²) in [5.41, 5.74) is 1.22. The van der Waals surface area contributed by atoms with E-state index in [-0.39, 0.29) is 23.9 Å². The molecule has 9 heteroatoms. The SMILES string of the molecule is O=C(CN1CCOCC1)N1CCN(C(=O)Cn2nc(-c3ccccc3)ccc2=O)CC1. The predicted octanol–water partition coefficient (Wildman–Crippen LogP) is -0.0867. The number of nitrogens with zero attached hydrogens (tertiary/aromatic N) is 5. The average Bonchev–Trinajstić information content (AvgIpc) is 2.82. The molecule has 31 heavy (non-hydrogen) atoms. The molecule has 0 bridgehead atoms. The summed E-state index contributed by atoms with van der Waals surface area (Å²) in [5, 5.41) is 4.36. The summed E-state index contributed by atoms with van der Waals surface area (Å²) in [5.74, 6) is -0.0810. The highest BCUT2D eigenvalue weighted by Gasteiger charge is 2.26. The van der Waals surface area contributed by atoms with E-state index in [9.17, 15) is 14.4 Å². The van der Waals surface area contributed by atoms with Gasteiger partial charge < -0.3 is 14.5 Å². The van der Waals surface area contributed by atoms with Gasteiger partial charge >= 0.3 is 0 Å². The van der Waals surface area contributed by atoms with E-state index in [0.717, 1.165) is 18.7 Å². The fourth-order valence-electron chi connectivity index (χ4n) is 3.81. The van der Waals surface area contributed by atoms with Gasteiger partial charge in [0, 0.05) is 50.9 Å². The first-order valence-electron chi connectivity index (χ1n) is 10.6. The summed E-state index contributed by atoms with van der Waals surface area (Å²) in [7, 11) is 0. The number of ether oxygens (including phenoxy) is 1. The molecule has 0 N–H and O–H groups in total. The van der Waals surface area contributed by atoms with Crippen LogP contribution in [0.1, 0.15) is 0 Å². The Hall–Kier alpha value is -3.04. The average molecular weight is 425 g/mol. The third-order valence-corrected chi connectivity index (χ3v) is 5.67. The number of carbonyl (C=O) groups excluding carboxylic acids is 2. The van der Waals surface area contributed by atoms with Gasteiger partial charge in [-0.05, 0) is 6.07 Å². The molecule has 2 fully saturated rings. The van der Waals surface area contributed by atoms with E-state index in [2.05, 4.69) is 10.00 Å². The highest BCUT2D eigenvalue weighted by molar-refractivity contribution is 5.79. The van der Waals surface area contributed by atoms with Gasteiger partial charge in [-0.25, -0.2) is 4.68 Å². The van der Waals surface area contributed by atoms with Crippen molar-refractivity contribution in [3.05, 3.63) is 52.8 Å². The molecule has 2 aliphatic heterocycles. The molecule has 1 aromatic carbocycles. The van der Waals surface area contributed by atoms with Crippen molar-refractivity contribution in [2.75, 3.05) is 59.0 Å². The molecule has 0 unspecified atom stereocenters. The van der Waals surface area contributed by atoms with Crippen molar-refractivity contribution in [2.45, 2.75) is 6.54 Å². The first-order chi connectivity index (χ1) is 15.1. The Bertz CT molecular complexity index is 963. The minimum atomic E-state index is -0.313. The topological polar surface area (TPSA) is 88.0 Å². The number of morpholine rings is 1. The normalized spacial score (nSPS) is 17.5. The van der Waals surface area contributed by atoms with Crippen molar-refractivity contribution in [1.29, 1.82) is 0 Å². The Labute approximate surface area is 180 Å². The quantitative estimate of drug-likeness (QED) is 0.666. The van der Waals surface area contributed by atoms with Crippen molar-refractivity contribution in [3.63, 3.8) is 0 Å². The summed E-state index contributed by atoms with van der Waals surface area (Å²) < 4.78 is 6.53. The van der Waals surface area contributed by atoms with Crippen LogP contribution < -0.4 is 5.56 Å².